The van der Waals surface area contributed by atoms with Gasteiger partial charge in [-0.1, -0.05) is 60.7 Å². The molecule has 1 heterocycles. The first kappa shape index (κ1) is 23.0. The van der Waals surface area contributed by atoms with E-state index in [9.17, 15) is 8.42 Å². The van der Waals surface area contributed by atoms with Gasteiger partial charge in [-0.05, 0) is 51.0 Å². The smallest absolute Gasteiger partial charge is 0.245 e. The summed E-state index contributed by atoms with van der Waals surface area (Å²) in [5, 5.41) is 0. The van der Waals surface area contributed by atoms with Crippen LogP contribution >= 0.6 is 0 Å². The van der Waals surface area contributed by atoms with Gasteiger partial charge in [0.05, 0.1) is 0 Å². The lowest BCUT2D eigenvalue weighted by Gasteiger charge is -2.29. The van der Waals surface area contributed by atoms with Gasteiger partial charge in [-0.2, -0.15) is 4.31 Å². The lowest BCUT2D eigenvalue weighted by Crippen LogP contribution is -2.41. The van der Waals surface area contributed by atoms with Crippen molar-refractivity contribution < 1.29 is 8.42 Å². The summed E-state index contributed by atoms with van der Waals surface area (Å²) >= 11 is 0. The molecule has 0 saturated carbocycles. The summed E-state index contributed by atoms with van der Waals surface area (Å²) in [5.41, 5.74) is 2.34. The molecule has 0 spiro atoms. The Hall–Kier alpha value is -2.70. The molecule has 0 aliphatic heterocycles. The summed E-state index contributed by atoms with van der Waals surface area (Å²) in [5.74, 6) is 0.743. The third-order valence-electron chi connectivity index (χ3n) is 5.07. The van der Waals surface area contributed by atoms with Crippen LogP contribution in [0.15, 0.2) is 83.9 Å². The minimum absolute atomic E-state index is 0.127. The number of sulfonamides is 1. The van der Waals surface area contributed by atoms with E-state index in [1.807, 2.05) is 64.1 Å². The minimum Gasteiger partial charge on any atom is -0.348 e. The van der Waals surface area contributed by atoms with E-state index in [0.717, 1.165) is 5.82 Å². The standard InChI is InChI=1S/C25H31N3O2S/c1-20(2)28(21(3)4)31(29,30)24-15-16-25(26-17-24)27(18-22-11-7-5-8-12-22)19-23-13-9-6-10-14-23/h5-17,20-21H,18-19H2,1-4H3. The largest absolute Gasteiger partial charge is 0.348 e. The predicted molar refractivity (Wildman–Crippen MR) is 126 cm³/mol. The monoisotopic (exact) mass is 437 g/mol. The second-order valence-electron chi connectivity index (χ2n) is 8.20. The number of pyridine rings is 1. The first-order chi connectivity index (χ1) is 14.8. The number of anilines is 1. The Morgan fingerprint density at radius 1 is 0.742 bits per heavy atom. The van der Waals surface area contributed by atoms with Crippen molar-refractivity contribution >= 4 is 15.8 Å². The maximum atomic E-state index is 13.2. The molecule has 0 radical (unpaired) electrons. The van der Waals surface area contributed by atoms with Crippen LogP contribution in [0.5, 0.6) is 0 Å². The molecule has 31 heavy (non-hydrogen) atoms. The Kier molecular flexibility index (Phi) is 7.46. The van der Waals surface area contributed by atoms with Gasteiger partial charge in [0.1, 0.15) is 10.7 Å². The Bertz CT molecular complexity index is 1000. The van der Waals surface area contributed by atoms with Crippen LogP contribution in [0, 0.1) is 0 Å². The zero-order valence-electron chi connectivity index (χ0n) is 18.6. The summed E-state index contributed by atoms with van der Waals surface area (Å²) < 4.78 is 27.8. The van der Waals surface area contributed by atoms with Gasteiger partial charge in [-0.15, -0.1) is 0 Å². The van der Waals surface area contributed by atoms with Crippen molar-refractivity contribution in [3.05, 3.63) is 90.1 Å². The van der Waals surface area contributed by atoms with Gasteiger partial charge in [-0.25, -0.2) is 13.4 Å². The maximum Gasteiger partial charge on any atom is 0.245 e. The van der Waals surface area contributed by atoms with Gasteiger partial charge in [0.2, 0.25) is 10.0 Å². The third-order valence-corrected chi connectivity index (χ3v) is 7.31. The highest BCUT2D eigenvalue weighted by Crippen LogP contribution is 2.24. The van der Waals surface area contributed by atoms with Crippen molar-refractivity contribution in [1.29, 1.82) is 0 Å². The Labute approximate surface area is 186 Å². The molecule has 0 fully saturated rings. The molecule has 0 unspecified atom stereocenters. The molecule has 1 aromatic heterocycles. The quantitative estimate of drug-likeness (QED) is 0.468. The van der Waals surface area contributed by atoms with E-state index in [0.29, 0.717) is 13.1 Å². The van der Waals surface area contributed by atoms with E-state index in [1.54, 1.807) is 12.1 Å². The molecular formula is C25H31N3O2S. The molecule has 3 rings (SSSR count). The molecule has 5 nitrogen and oxygen atoms in total. The fraction of sp³-hybridized carbons (Fsp3) is 0.320. The van der Waals surface area contributed by atoms with E-state index < -0.39 is 10.0 Å². The number of hydrogen-bond donors (Lipinski definition) is 0. The normalized spacial score (nSPS) is 12.0. The van der Waals surface area contributed by atoms with Crippen molar-refractivity contribution in [2.75, 3.05) is 4.90 Å². The lowest BCUT2D eigenvalue weighted by atomic mass is 10.1. The van der Waals surface area contributed by atoms with Gasteiger partial charge in [0.25, 0.3) is 0 Å². The number of rotatable bonds is 9. The molecule has 0 aliphatic rings. The van der Waals surface area contributed by atoms with Crippen molar-refractivity contribution in [1.82, 2.24) is 9.29 Å². The molecule has 0 N–H and O–H groups in total. The van der Waals surface area contributed by atoms with Gasteiger partial charge in [-0.3, -0.25) is 0 Å². The fourth-order valence-electron chi connectivity index (χ4n) is 3.81. The highest BCUT2D eigenvalue weighted by molar-refractivity contribution is 7.89. The molecular weight excluding hydrogens is 406 g/mol. The summed E-state index contributed by atoms with van der Waals surface area (Å²) in [6.07, 6.45) is 1.48. The summed E-state index contributed by atoms with van der Waals surface area (Å²) in [4.78, 5) is 6.94. The van der Waals surface area contributed by atoms with Gasteiger partial charge in [0.15, 0.2) is 0 Å². The third kappa shape index (κ3) is 5.71. The Balaban J connectivity index is 1.91. The lowest BCUT2D eigenvalue weighted by molar-refractivity contribution is 0.302. The average Bonchev–Trinajstić information content (AvgIpc) is 2.74. The topological polar surface area (TPSA) is 53.5 Å². The van der Waals surface area contributed by atoms with Crippen LogP contribution in [0.25, 0.3) is 0 Å². The van der Waals surface area contributed by atoms with Crippen LogP contribution in [0.4, 0.5) is 5.82 Å². The van der Waals surface area contributed by atoms with E-state index in [2.05, 4.69) is 34.1 Å². The average molecular weight is 438 g/mol. The molecule has 2 aromatic carbocycles. The van der Waals surface area contributed by atoms with Crippen LogP contribution in [0.2, 0.25) is 0 Å². The minimum atomic E-state index is -3.61. The second kappa shape index (κ2) is 10.1. The predicted octanol–water partition coefficient (Wildman–Crippen LogP) is 5.10. The van der Waals surface area contributed by atoms with Crippen LogP contribution in [-0.2, 0) is 23.1 Å². The van der Waals surface area contributed by atoms with E-state index in [1.165, 1.54) is 21.6 Å². The first-order valence-corrected chi connectivity index (χ1v) is 12.1. The van der Waals surface area contributed by atoms with Gasteiger partial charge >= 0.3 is 0 Å². The van der Waals surface area contributed by atoms with E-state index in [-0.39, 0.29) is 17.0 Å². The van der Waals surface area contributed by atoms with Gasteiger partial charge in [0, 0.05) is 31.4 Å². The molecule has 0 atom stereocenters. The highest BCUT2D eigenvalue weighted by Gasteiger charge is 2.29. The first-order valence-electron chi connectivity index (χ1n) is 10.6. The van der Waals surface area contributed by atoms with Crippen molar-refractivity contribution in [3.8, 4) is 0 Å². The van der Waals surface area contributed by atoms with Crippen molar-refractivity contribution in [2.45, 2.75) is 57.8 Å². The number of nitrogens with zero attached hydrogens (tertiary/aromatic N) is 3. The zero-order chi connectivity index (χ0) is 22.4. The maximum absolute atomic E-state index is 13.2. The van der Waals surface area contributed by atoms with Crippen LogP contribution in [0.1, 0.15) is 38.8 Å². The van der Waals surface area contributed by atoms with Crippen LogP contribution in [-0.4, -0.2) is 29.8 Å². The number of hydrogen-bond acceptors (Lipinski definition) is 4. The zero-order valence-corrected chi connectivity index (χ0v) is 19.5. The van der Waals surface area contributed by atoms with Crippen LogP contribution in [0.3, 0.4) is 0 Å². The van der Waals surface area contributed by atoms with E-state index >= 15 is 0 Å². The second-order valence-corrected chi connectivity index (χ2v) is 10.0. The Morgan fingerprint density at radius 2 is 1.23 bits per heavy atom. The summed E-state index contributed by atoms with van der Waals surface area (Å²) in [7, 11) is -3.61. The summed E-state index contributed by atoms with van der Waals surface area (Å²) in [6.45, 7) is 8.92. The SMILES string of the molecule is CC(C)N(C(C)C)S(=O)(=O)c1ccc(N(Cc2ccccc2)Cc2ccccc2)nc1. The molecule has 164 valence electrons. The fourth-order valence-corrected chi connectivity index (χ4v) is 5.59. The molecule has 0 amide bonds. The number of aromatic nitrogens is 1. The molecule has 0 saturated heterocycles. The summed E-state index contributed by atoms with van der Waals surface area (Å²) in [6, 6.07) is 23.6. The molecule has 0 aliphatic carbocycles. The van der Waals surface area contributed by atoms with Crippen LogP contribution < -0.4 is 4.90 Å². The molecule has 3 aromatic rings. The highest BCUT2D eigenvalue weighted by atomic mass is 32.2. The molecule has 0 bridgehead atoms. The van der Waals surface area contributed by atoms with Gasteiger partial charge < -0.3 is 4.90 Å². The van der Waals surface area contributed by atoms with Crippen molar-refractivity contribution in [2.24, 2.45) is 0 Å². The van der Waals surface area contributed by atoms with E-state index in [4.69, 9.17) is 0 Å². The number of benzene rings is 2. The Morgan fingerprint density at radius 3 is 1.61 bits per heavy atom. The molecule has 6 heteroatoms. The van der Waals surface area contributed by atoms with Crippen molar-refractivity contribution in [3.63, 3.8) is 0 Å².